The number of amides is 1. The number of Topliss-reactive ketones (excluding diaryl/α,β-unsaturated/α-hetero) is 1. The van der Waals surface area contributed by atoms with Crippen LogP contribution in [0.5, 0.6) is 0 Å². The Bertz CT molecular complexity index is 292. The number of allylic oxidation sites excluding steroid dienone is 2. The number of hydrogen-bond acceptors (Lipinski definition) is 2. The first-order valence-electron chi connectivity index (χ1n) is 5.79. The molecule has 3 nitrogen and oxygen atoms in total. The van der Waals surface area contributed by atoms with Crippen LogP contribution in [0.25, 0.3) is 0 Å². The zero-order chi connectivity index (χ0) is 12.9. The van der Waals surface area contributed by atoms with Gasteiger partial charge in [0.2, 0.25) is 5.91 Å². The molecule has 1 amide bonds. The summed E-state index contributed by atoms with van der Waals surface area (Å²) >= 11 is 0. The summed E-state index contributed by atoms with van der Waals surface area (Å²) in [5.74, 6) is 0.469. The number of carbonyl (C=O) groups excluding carboxylic acids is 2. The predicted octanol–water partition coefficient (Wildman–Crippen LogP) is 2.52. The van der Waals surface area contributed by atoms with Crippen molar-refractivity contribution in [3.8, 4) is 0 Å². The molecule has 3 heteroatoms. The molecule has 0 spiro atoms. The summed E-state index contributed by atoms with van der Waals surface area (Å²) < 4.78 is 0. The van der Waals surface area contributed by atoms with Crippen LogP contribution in [0, 0.1) is 17.8 Å². The minimum Gasteiger partial charge on any atom is -0.323 e. The maximum Gasteiger partial charge on any atom is 0.227 e. The van der Waals surface area contributed by atoms with Gasteiger partial charge in [-0.2, -0.15) is 0 Å². The average Bonchev–Trinajstić information content (AvgIpc) is 2.22. The van der Waals surface area contributed by atoms with Crippen LogP contribution < -0.4 is 5.32 Å². The van der Waals surface area contributed by atoms with Gasteiger partial charge in [0.1, 0.15) is 0 Å². The number of ketones is 1. The third-order valence-electron chi connectivity index (χ3n) is 3.18. The van der Waals surface area contributed by atoms with E-state index in [-0.39, 0.29) is 17.6 Å². The van der Waals surface area contributed by atoms with E-state index < -0.39 is 0 Å². The highest BCUT2D eigenvalue weighted by molar-refractivity contribution is 5.97. The zero-order valence-corrected chi connectivity index (χ0v) is 11.1. The summed E-state index contributed by atoms with van der Waals surface area (Å²) in [6.45, 7) is 11.3. The summed E-state index contributed by atoms with van der Waals surface area (Å²) in [6, 6.07) is 0. The Morgan fingerprint density at radius 3 is 1.94 bits per heavy atom. The van der Waals surface area contributed by atoms with Crippen LogP contribution >= 0.6 is 0 Å². The second kappa shape index (κ2) is 6.46. The number of carbonyl (C=O) groups is 2. The van der Waals surface area contributed by atoms with Crippen molar-refractivity contribution in [3.05, 3.63) is 11.8 Å². The molecule has 0 aromatic rings. The molecule has 92 valence electrons. The summed E-state index contributed by atoms with van der Waals surface area (Å²) in [7, 11) is 0. The van der Waals surface area contributed by atoms with E-state index in [0.717, 1.165) is 0 Å². The fourth-order valence-corrected chi connectivity index (χ4v) is 1.43. The van der Waals surface area contributed by atoms with E-state index in [2.05, 4.69) is 26.1 Å². The van der Waals surface area contributed by atoms with Gasteiger partial charge in [-0.1, -0.05) is 33.8 Å². The van der Waals surface area contributed by atoms with E-state index in [1.165, 1.54) is 6.92 Å². The van der Waals surface area contributed by atoms with Crippen molar-refractivity contribution in [1.82, 2.24) is 5.32 Å². The molecule has 0 heterocycles. The highest BCUT2D eigenvalue weighted by Crippen LogP contribution is 2.20. The van der Waals surface area contributed by atoms with Crippen LogP contribution in [0.15, 0.2) is 11.8 Å². The second-order valence-corrected chi connectivity index (χ2v) is 4.64. The van der Waals surface area contributed by atoms with Crippen molar-refractivity contribution in [3.63, 3.8) is 0 Å². The maximum atomic E-state index is 11.9. The molecule has 0 aliphatic carbocycles. The minimum absolute atomic E-state index is 0.0792. The quantitative estimate of drug-likeness (QED) is 0.731. The highest BCUT2D eigenvalue weighted by Gasteiger charge is 2.23. The van der Waals surface area contributed by atoms with E-state index >= 15 is 0 Å². The number of rotatable bonds is 5. The van der Waals surface area contributed by atoms with Gasteiger partial charge in [-0.3, -0.25) is 9.59 Å². The molecule has 0 bridgehead atoms. The summed E-state index contributed by atoms with van der Waals surface area (Å²) in [6.07, 6.45) is 1.63. The molecule has 16 heavy (non-hydrogen) atoms. The van der Waals surface area contributed by atoms with Gasteiger partial charge in [0, 0.05) is 12.8 Å². The van der Waals surface area contributed by atoms with E-state index in [1.54, 1.807) is 13.0 Å². The number of hydrogen-bond donors (Lipinski definition) is 1. The molecular formula is C13H23NO2. The van der Waals surface area contributed by atoms with Crippen LogP contribution in [-0.2, 0) is 9.59 Å². The predicted molar refractivity (Wildman–Crippen MR) is 65.7 cm³/mol. The Kier molecular flexibility index (Phi) is 6.01. The van der Waals surface area contributed by atoms with Gasteiger partial charge in [-0.15, -0.1) is 0 Å². The molecule has 0 aliphatic rings. The lowest BCUT2D eigenvalue weighted by atomic mass is 9.85. The highest BCUT2D eigenvalue weighted by atomic mass is 16.2. The van der Waals surface area contributed by atoms with E-state index in [9.17, 15) is 9.59 Å². The van der Waals surface area contributed by atoms with Crippen molar-refractivity contribution in [2.24, 2.45) is 17.8 Å². The lowest BCUT2D eigenvalue weighted by molar-refractivity contribution is -0.127. The number of nitrogens with one attached hydrogen (secondary N) is 1. The smallest absolute Gasteiger partial charge is 0.227 e. The second-order valence-electron chi connectivity index (χ2n) is 4.64. The molecule has 0 saturated carbocycles. The summed E-state index contributed by atoms with van der Waals surface area (Å²) in [4.78, 5) is 23.0. The van der Waals surface area contributed by atoms with Crippen molar-refractivity contribution in [1.29, 1.82) is 0 Å². The van der Waals surface area contributed by atoms with Crippen LogP contribution in [0.1, 0.15) is 41.5 Å². The first-order chi connectivity index (χ1) is 7.31. The lowest BCUT2D eigenvalue weighted by Gasteiger charge is -2.22. The standard InChI is InChI=1S/C13H23NO2/c1-7-12(11(6)15)14-13(16)10(5)9(4)8(2)3/h7-10H,1-6H3,(H,14,16)/b12-7+. The molecule has 2 unspecified atom stereocenters. The monoisotopic (exact) mass is 225 g/mol. The van der Waals surface area contributed by atoms with Gasteiger partial charge in [-0.05, 0) is 18.8 Å². The molecule has 0 rings (SSSR count). The van der Waals surface area contributed by atoms with Crippen LogP contribution in [0.4, 0.5) is 0 Å². The van der Waals surface area contributed by atoms with Crippen molar-refractivity contribution in [2.45, 2.75) is 41.5 Å². The third kappa shape index (κ3) is 4.17. The molecule has 1 N–H and O–H groups in total. The molecule has 0 aliphatic heterocycles. The Labute approximate surface area is 98.3 Å². The SMILES string of the molecule is C/C=C(/NC(=O)C(C)C(C)C(C)C)C(C)=O. The Hall–Kier alpha value is -1.12. The van der Waals surface area contributed by atoms with Gasteiger partial charge in [0.25, 0.3) is 0 Å². The Morgan fingerprint density at radius 2 is 1.62 bits per heavy atom. The first kappa shape index (κ1) is 14.9. The van der Waals surface area contributed by atoms with Crippen LogP contribution in [-0.4, -0.2) is 11.7 Å². The molecule has 2 atom stereocenters. The van der Waals surface area contributed by atoms with Gasteiger partial charge in [0.15, 0.2) is 5.78 Å². The summed E-state index contributed by atoms with van der Waals surface area (Å²) in [5, 5.41) is 2.67. The fourth-order valence-electron chi connectivity index (χ4n) is 1.43. The Balaban J connectivity index is 4.53. The molecule has 0 saturated heterocycles. The van der Waals surface area contributed by atoms with Crippen LogP contribution in [0.3, 0.4) is 0 Å². The molecule has 0 aromatic carbocycles. The molecule has 0 aromatic heterocycles. The zero-order valence-electron chi connectivity index (χ0n) is 11.1. The third-order valence-corrected chi connectivity index (χ3v) is 3.18. The fraction of sp³-hybridized carbons (Fsp3) is 0.692. The van der Waals surface area contributed by atoms with Crippen LogP contribution in [0.2, 0.25) is 0 Å². The van der Waals surface area contributed by atoms with E-state index in [1.807, 2.05) is 6.92 Å². The average molecular weight is 225 g/mol. The topological polar surface area (TPSA) is 46.2 Å². The van der Waals surface area contributed by atoms with Crippen molar-refractivity contribution < 1.29 is 9.59 Å². The largest absolute Gasteiger partial charge is 0.323 e. The molecular weight excluding hydrogens is 202 g/mol. The van der Waals surface area contributed by atoms with Crippen molar-refractivity contribution in [2.75, 3.05) is 0 Å². The van der Waals surface area contributed by atoms with Gasteiger partial charge < -0.3 is 5.32 Å². The lowest BCUT2D eigenvalue weighted by Crippen LogP contribution is -2.35. The molecule has 0 radical (unpaired) electrons. The normalized spacial score (nSPS) is 15.8. The van der Waals surface area contributed by atoms with Gasteiger partial charge >= 0.3 is 0 Å². The van der Waals surface area contributed by atoms with E-state index in [0.29, 0.717) is 17.5 Å². The Morgan fingerprint density at radius 1 is 1.12 bits per heavy atom. The minimum atomic E-state index is -0.111. The molecule has 0 fully saturated rings. The van der Waals surface area contributed by atoms with Gasteiger partial charge in [-0.25, -0.2) is 0 Å². The first-order valence-corrected chi connectivity index (χ1v) is 5.79. The van der Waals surface area contributed by atoms with E-state index in [4.69, 9.17) is 0 Å². The van der Waals surface area contributed by atoms with Gasteiger partial charge in [0.05, 0.1) is 5.70 Å². The maximum absolute atomic E-state index is 11.9. The summed E-state index contributed by atoms with van der Waals surface area (Å²) in [5.41, 5.74) is 0.382. The van der Waals surface area contributed by atoms with Crippen molar-refractivity contribution >= 4 is 11.7 Å².